The van der Waals surface area contributed by atoms with E-state index in [9.17, 15) is 4.79 Å². The third kappa shape index (κ3) is 5.87. The van der Waals surface area contributed by atoms with E-state index in [1.54, 1.807) is 0 Å². The van der Waals surface area contributed by atoms with E-state index in [-0.39, 0.29) is 5.78 Å². The number of hydrogen-bond acceptors (Lipinski definition) is 2. The fraction of sp³-hybridized carbons (Fsp3) is 0.562. The first-order valence-corrected chi connectivity index (χ1v) is 7.68. The molecule has 1 aromatic carbocycles. The first kappa shape index (κ1) is 16.4. The molecule has 0 radical (unpaired) electrons. The van der Waals surface area contributed by atoms with E-state index in [1.165, 1.54) is 6.42 Å². The van der Waals surface area contributed by atoms with Gasteiger partial charge >= 0.3 is 0 Å². The molecule has 106 valence electrons. The largest absolute Gasteiger partial charge is 0.303 e. The van der Waals surface area contributed by atoms with Gasteiger partial charge in [0.15, 0.2) is 5.78 Å². The van der Waals surface area contributed by atoms with Gasteiger partial charge in [0.2, 0.25) is 0 Å². The number of benzene rings is 1. The maximum absolute atomic E-state index is 12.1. The van der Waals surface area contributed by atoms with Crippen LogP contribution in [0, 0.1) is 5.92 Å². The fourth-order valence-electron chi connectivity index (χ4n) is 2.14. The van der Waals surface area contributed by atoms with Gasteiger partial charge in [-0.05, 0) is 38.4 Å². The molecular weight excluding hydrogens is 302 g/mol. The van der Waals surface area contributed by atoms with Crippen LogP contribution in [0.25, 0.3) is 0 Å². The summed E-state index contributed by atoms with van der Waals surface area (Å²) in [6.45, 7) is 7.52. The summed E-state index contributed by atoms with van der Waals surface area (Å²) < 4.78 is 1.01. The van der Waals surface area contributed by atoms with Crippen molar-refractivity contribution >= 4 is 21.7 Å². The molecule has 3 heteroatoms. The van der Waals surface area contributed by atoms with Crippen LogP contribution < -0.4 is 0 Å². The van der Waals surface area contributed by atoms with Crippen LogP contribution >= 0.6 is 15.9 Å². The molecule has 0 saturated carbocycles. The molecule has 0 aliphatic heterocycles. The summed E-state index contributed by atoms with van der Waals surface area (Å²) in [4.78, 5) is 14.3. The van der Waals surface area contributed by atoms with Crippen molar-refractivity contribution in [3.8, 4) is 0 Å². The summed E-state index contributed by atoms with van der Waals surface area (Å²) in [5.41, 5.74) is 0.799. The highest BCUT2D eigenvalue weighted by molar-refractivity contribution is 9.10. The van der Waals surface area contributed by atoms with Gasteiger partial charge in [-0.25, -0.2) is 0 Å². The molecule has 0 aliphatic rings. The van der Waals surface area contributed by atoms with Crippen molar-refractivity contribution < 1.29 is 4.79 Å². The molecule has 0 amide bonds. The highest BCUT2D eigenvalue weighted by Gasteiger charge is 2.13. The van der Waals surface area contributed by atoms with Crippen molar-refractivity contribution in [1.82, 2.24) is 4.90 Å². The molecule has 0 fully saturated rings. The molecule has 0 spiro atoms. The number of nitrogens with zero attached hydrogens (tertiary/aromatic N) is 1. The quantitative estimate of drug-likeness (QED) is 0.693. The van der Waals surface area contributed by atoms with Crippen LogP contribution in [0.4, 0.5) is 0 Å². The molecule has 2 nitrogen and oxygen atoms in total. The number of carbonyl (C=O) groups is 1. The Morgan fingerprint density at radius 3 is 2.32 bits per heavy atom. The van der Waals surface area contributed by atoms with Crippen molar-refractivity contribution in [3.63, 3.8) is 0 Å². The molecule has 0 bridgehead atoms. The molecule has 1 rings (SSSR count). The van der Waals surface area contributed by atoms with E-state index in [0.717, 1.165) is 16.6 Å². The van der Waals surface area contributed by atoms with Crippen LogP contribution in [-0.2, 0) is 0 Å². The van der Waals surface area contributed by atoms with E-state index < -0.39 is 0 Å². The Kier molecular flexibility index (Phi) is 6.73. The number of carbonyl (C=O) groups excluding carboxylic acids is 1. The predicted octanol–water partition coefficient (Wildman–Crippen LogP) is 4.39. The average molecular weight is 326 g/mol. The second-order valence-corrected chi connectivity index (χ2v) is 6.55. The fourth-order valence-corrected chi connectivity index (χ4v) is 2.40. The Balaban J connectivity index is 2.43. The normalized spacial score (nSPS) is 13.0. The smallest absolute Gasteiger partial charge is 0.164 e. The van der Waals surface area contributed by atoms with E-state index >= 15 is 0 Å². The van der Waals surface area contributed by atoms with Gasteiger partial charge in [0.25, 0.3) is 0 Å². The van der Waals surface area contributed by atoms with Crippen molar-refractivity contribution in [2.24, 2.45) is 5.92 Å². The molecular formula is C16H24BrNO. The Hall–Kier alpha value is -0.670. The summed E-state index contributed by atoms with van der Waals surface area (Å²) >= 11 is 3.38. The second kappa shape index (κ2) is 7.81. The number of halogens is 1. The van der Waals surface area contributed by atoms with E-state index in [0.29, 0.717) is 18.4 Å². The topological polar surface area (TPSA) is 20.3 Å². The zero-order valence-corrected chi connectivity index (χ0v) is 13.9. The molecule has 0 heterocycles. The number of ketones is 1. The maximum atomic E-state index is 12.1. The molecule has 1 atom stereocenters. The van der Waals surface area contributed by atoms with Crippen LogP contribution in [0.3, 0.4) is 0 Å². The molecule has 0 aliphatic carbocycles. The summed E-state index contributed by atoms with van der Waals surface area (Å²) in [5.74, 6) is 0.913. The minimum absolute atomic E-state index is 0.219. The second-order valence-electron chi connectivity index (χ2n) is 5.64. The average Bonchev–Trinajstić information content (AvgIpc) is 2.35. The van der Waals surface area contributed by atoms with Crippen LogP contribution in [0.15, 0.2) is 28.7 Å². The van der Waals surface area contributed by atoms with Gasteiger partial charge in [-0.2, -0.15) is 0 Å². The lowest BCUT2D eigenvalue weighted by Gasteiger charge is -2.25. The third-order valence-electron chi connectivity index (χ3n) is 3.42. The third-order valence-corrected chi connectivity index (χ3v) is 3.95. The summed E-state index contributed by atoms with van der Waals surface area (Å²) in [6, 6.07) is 8.11. The molecule has 0 saturated heterocycles. The maximum Gasteiger partial charge on any atom is 0.164 e. The zero-order valence-electron chi connectivity index (χ0n) is 12.3. The predicted molar refractivity (Wildman–Crippen MR) is 84.6 cm³/mol. The SMILES string of the molecule is CC(C)CC(C)N(C)CCC(=O)c1ccc(Br)cc1. The van der Waals surface area contributed by atoms with Gasteiger partial charge in [0.05, 0.1) is 0 Å². The first-order valence-electron chi connectivity index (χ1n) is 6.89. The van der Waals surface area contributed by atoms with Crippen LogP contribution in [0.2, 0.25) is 0 Å². The summed E-state index contributed by atoms with van der Waals surface area (Å²) in [7, 11) is 2.10. The van der Waals surface area contributed by atoms with E-state index in [2.05, 4.69) is 48.6 Å². The Morgan fingerprint density at radius 2 is 1.79 bits per heavy atom. The van der Waals surface area contributed by atoms with Gasteiger partial charge in [-0.1, -0.05) is 41.9 Å². The minimum Gasteiger partial charge on any atom is -0.303 e. The van der Waals surface area contributed by atoms with Crippen molar-refractivity contribution in [3.05, 3.63) is 34.3 Å². The monoisotopic (exact) mass is 325 g/mol. The Bertz CT molecular complexity index is 400. The standard InChI is InChI=1S/C16H24BrNO/c1-12(2)11-13(3)18(4)10-9-16(19)14-5-7-15(17)8-6-14/h5-8,12-13H,9-11H2,1-4H3. The van der Waals surface area contributed by atoms with Crippen molar-refractivity contribution in [2.75, 3.05) is 13.6 Å². The van der Waals surface area contributed by atoms with Gasteiger partial charge in [-0.3, -0.25) is 4.79 Å². The van der Waals surface area contributed by atoms with E-state index in [4.69, 9.17) is 0 Å². The summed E-state index contributed by atoms with van der Waals surface area (Å²) in [6.07, 6.45) is 1.75. The van der Waals surface area contributed by atoms with E-state index in [1.807, 2.05) is 24.3 Å². The van der Waals surface area contributed by atoms with Gasteiger partial charge in [0, 0.05) is 29.0 Å². The van der Waals surface area contributed by atoms with Gasteiger partial charge in [0.1, 0.15) is 0 Å². The highest BCUT2D eigenvalue weighted by atomic mass is 79.9. The minimum atomic E-state index is 0.219. The Morgan fingerprint density at radius 1 is 1.21 bits per heavy atom. The lowest BCUT2D eigenvalue weighted by molar-refractivity contribution is 0.0959. The summed E-state index contributed by atoms with van der Waals surface area (Å²) in [5, 5.41) is 0. The van der Waals surface area contributed by atoms with Gasteiger partial charge in [-0.15, -0.1) is 0 Å². The number of rotatable bonds is 7. The molecule has 0 aromatic heterocycles. The molecule has 19 heavy (non-hydrogen) atoms. The molecule has 1 unspecified atom stereocenters. The number of hydrogen-bond donors (Lipinski definition) is 0. The first-order chi connectivity index (χ1) is 8.90. The van der Waals surface area contributed by atoms with Crippen LogP contribution in [-0.4, -0.2) is 30.3 Å². The van der Waals surface area contributed by atoms with Gasteiger partial charge < -0.3 is 4.90 Å². The number of Topliss-reactive ketones (excluding diaryl/α,β-unsaturated/α-hetero) is 1. The van der Waals surface area contributed by atoms with Crippen LogP contribution in [0.1, 0.15) is 44.0 Å². The molecule has 0 N–H and O–H groups in total. The zero-order chi connectivity index (χ0) is 14.4. The lowest BCUT2D eigenvalue weighted by atomic mass is 10.0. The highest BCUT2D eigenvalue weighted by Crippen LogP contribution is 2.13. The van der Waals surface area contributed by atoms with Crippen LogP contribution in [0.5, 0.6) is 0 Å². The van der Waals surface area contributed by atoms with Crippen molar-refractivity contribution in [1.29, 1.82) is 0 Å². The van der Waals surface area contributed by atoms with Crippen molar-refractivity contribution in [2.45, 2.75) is 39.7 Å². The molecule has 1 aromatic rings. The lowest BCUT2D eigenvalue weighted by Crippen LogP contribution is -2.32. The Labute approximate surface area is 125 Å².